The summed E-state index contributed by atoms with van der Waals surface area (Å²) < 4.78 is 18.8. The molecule has 4 rings (SSSR count). The Kier molecular flexibility index (Phi) is 4.01. The zero-order valence-corrected chi connectivity index (χ0v) is 13.4. The van der Waals surface area contributed by atoms with Gasteiger partial charge in [0.05, 0.1) is 0 Å². The van der Waals surface area contributed by atoms with Crippen LogP contribution in [0.25, 0.3) is 11.4 Å². The number of amides is 1. The zero-order valence-electron chi connectivity index (χ0n) is 13.4. The van der Waals surface area contributed by atoms with E-state index in [0.717, 1.165) is 18.4 Å². The molecule has 1 fully saturated rings. The van der Waals surface area contributed by atoms with Gasteiger partial charge in [-0.25, -0.2) is 4.39 Å². The van der Waals surface area contributed by atoms with Crippen LogP contribution in [0.3, 0.4) is 0 Å². The van der Waals surface area contributed by atoms with Crippen molar-refractivity contribution in [2.75, 3.05) is 6.54 Å². The van der Waals surface area contributed by atoms with Crippen LogP contribution >= 0.6 is 0 Å². The second-order valence-corrected chi connectivity index (χ2v) is 5.99. The van der Waals surface area contributed by atoms with Crippen molar-refractivity contribution in [3.05, 3.63) is 71.9 Å². The van der Waals surface area contributed by atoms with Crippen molar-refractivity contribution >= 4 is 5.91 Å². The lowest BCUT2D eigenvalue weighted by Gasteiger charge is -2.21. The lowest BCUT2D eigenvalue weighted by Crippen LogP contribution is -2.30. The summed E-state index contributed by atoms with van der Waals surface area (Å²) in [4.78, 5) is 18.9. The molecule has 0 N–H and O–H groups in total. The topological polar surface area (TPSA) is 59.2 Å². The third kappa shape index (κ3) is 3.03. The Morgan fingerprint density at radius 3 is 2.80 bits per heavy atom. The van der Waals surface area contributed by atoms with Crippen molar-refractivity contribution < 1.29 is 13.7 Å². The van der Waals surface area contributed by atoms with E-state index in [1.54, 1.807) is 11.0 Å². The predicted molar refractivity (Wildman–Crippen MR) is 89.1 cm³/mol. The fourth-order valence-electron chi connectivity index (χ4n) is 3.13. The Bertz CT molecular complexity index is 894. The van der Waals surface area contributed by atoms with Gasteiger partial charge in [0.15, 0.2) is 0 Å². The second kappa shape index (κ2) is 6.47. The van der Waals surface area contributed by atoms with Gasteiger partial charge in [0, 0.05) is 17.7 Å². The molecule has 126 valence electrons. The molecule has 2 aromatic carbocycles. The Balaban J connectivity index is 1.60. The van der Waals surface area contributed by atoms with Crippen molar-refractivity contribution in [2.45, 2.75) is 18.9 Å². The van der Waals surface area contributed by atoms with Gasteiger partial charge in [-0.1, -0.05) is 41.6 Å². The molecule has 0 aliphatic carbocycles. The van der Waals surface area contributed by atoms with E-state index in [0.29, 0.717) is 23.8 Å². The molecule has 1 aliphatic heterocycles. The van der Waals surface area contributed by atoms with Gasteiger partial charge in [0.1, 0.15) is 11.9 Å². The van der Waals surface area contributed by atoms with Crippen molar-refractivity contribution in [1.82, 2.24) is 15.0 Å². The van der Waals surface area contributed by atoms with Gasteiger partial charge in [-0.05, 0) is 31.0 Å². The molecule has 6 heteroatoms. The molecule has 0 spiro atoms. The van der Waals surface area contributed by atoms with Gasteiger partial charge in [-0.3, -0.25) is 4.79 Å². The number of hydrogen-bond acceptors (Lipinski definition) is 4. The van der Waals surface area contributed by atoms with Crippen molar-refractivity contribution in [1.29, 1.82) is 0 Å². The molecule has 1 atom stereocenters. The maximum absolute atomic E-state index is 13.4. The molecular formula is C19H16FN3O2. The van der Waals surface area contributed by atoms with E-state index in [9.17, 15) is 9.18 Å². The standard InChI is InChI=1S/C19H16FN3O2/c20-15-9-4-8-14(12-15)19(24)23-11-5-10-16(23)18-21-17(22-25-18)13-6-2-1-3-7-13/h1-4,6-9,12,16H,5,10-11H2. The van der Waals surface area contributed by atoms with Crippen molar-refractivity contribution in [3.8, 4) is 11.4 Å². The highest BCUT2D eigenvalue weighted by Crippen LogP contribution is 2.33. The van der Waals surface area contributed by atoms with Gasteiger partial charge >= 0.3 is 0 Å². The smallest absolute Gasteiger partial charge is 0.254 e. The van der Waals surface area contributed by atoms with E-state index < -0.39 is 5.82 Å². The molecule has 1 amide bonds. The fourth-order valence-corrected chi connectivity index (χ4v) is 3.13. The Morgan fingerprint density at radius 2 is 2.00 bits per heavy atom. The van der Waals surface area contributed by atoms with Gasteiger partial charge in [-0.2, -0.15) is 4.98 Å². The predicted octanol–water partition coefficient (Wildman–Crippen LogP) is 3.85. The quantitative estimate of drug-likeness (QED) is 0.728. The summed E-state index contributed by atoms with van der Waals surface area (Å²) in [5.74, 6) is 0.272. The molecule has 1 saturated heterocycles. The summed E-state index contributed by atoms with van der Waals surface area (Å²) in [6.45, 7) is 0.586. The molecule has 1 aliphatic rings. The normalized spacial score (nSPS) is 17.0. The molecule has 0 bridgehead atoms. The number of carbonyl (C=O) groups excluding carboxylic acids is 1. The van der Waals surface area contributed by atoms with Gasteiger partial charge in [0.2, 0.25) is 11.7 Å². The highest BCUT2D eigenvalue weighted by molar-refractivity contribution is 5.94. The molecule has 1 aromatic heterocycles. The summed E-state index contributed by atoms with van der Waals surface area (Å²) in [6, 6.07) is 15.0. The minimum atomic E-state index is -0.425. The summed E-state index contributed by atoms with van der Waals surface area (Å²) in [5.41, 5.74) is 1.19. The molecule has 25 heavy (non-hydrogen) atoms. The fraction of sp³-hybridized carbons (Fsp3) is 0.211. The van der Waals surface area contributed by atoms with Crippen molar-refractivity contribution in [2.24, 2.45) is 0 Å². The zero-order chi connectivity index (χ0) is 17.2. The average molecular weight is 337 g/mol. The summed E-state index contributed by atoms with van der Waals surface area (Å²) >= 11 is 0. The first-order valence-electron chi connectivity index (χ1n) is 8.18. The molecule has 2 heterocycles. The lowest BCUT2D eigenvalue weighted by molar-refractivity contribution is 0.0709. The number of carbonyl (C=O) groups is 1. The average Bonchev–Trinajstić information content (AvgIpc) is 3.31. The van der Waals surface area contributed by atoms with Crippen LogP contribution in [0, 0.1) is 5.82 Å². The monoisotopic (exact) mass is 337 g/mol. The number of benzene rings is 2. The Morgan fingerprint density at radius 1 is 1.16 bits per heavy atom. The lowest BCUT2D eigenvalue weighted by atomic mass is 10.1. The first-order valence-corrected chi connectivity index (χ1v) is 8.18. The van der Waals surface area contributed by atoms with Crippen LogP contribution in [-0.2, 0) is 0 Å². The van der Waals surface area contributed by atoms with Crippen LogP contribution in [0.15, 0.2) is 59.1 Å². The third-order valence-electron chi connectivity index (χ3n) is 4.34. The maximum atomic E-state index is 13.4. The number of halogens is 1. The molecule has 0 radical (unpaired) electrons. The third-order valence-corrected chi connectivity index (χ3v) is 4.34. The Hall–Kier alpha value is -3.02. The van der Waals surface area contributed by atoms with E-state index in [1.165, 1.54) is 18.2 Å². The van der Waals surface area contributed by atoms with Gasteiger partial charge < -0.3 is 9.42 Å². The number of nitrogens with zero attached hydrogens (tertiary/aromatic N) is 3. The molecule has 0 saturated carbocycles. The van der Waals surface area contributed by atoms with E-state index in [1.807, 2.05) is 30.3 Å². The first kappa shape index (κ1) is 15.5. The van der Waals surface area contributed by atoms with Crippen molar-refractivity contribution in [3.63, 3.8) is 0 Å². The molecule has 5 nitrogen and oxygen atoms in total. The minimum Gasteiger partial charge on any atom is -0.337 e. The second-order valence-electron chi connectivity index (χ2n) is 5.99. The highest BCUT2D eigenvalue weighted by Gasteiger charge is 2.34. The summed E-state index contributed by atoms with van der Waals surface area (Å²) in [6.07, 6.45) is 1.59. The van der Waals surface area contributed by atoms with Crippen LogP contribution in [-0.4, -0.2) is 27.5 Å². The number of aromatic nitrogens is 2. The van der Waals surface area contributed by atoms with Crippen LogP contribution in [0.1, 0.15) is 35.1 Å². The van der Waals surface area contributed by atoms with Crippen LogP contribution < -0.4 is 0 Å². The van der Waals surface area contributed by atoms with Crippen LogP contribution in [0.4, 0.5) is 4.39 Å². The van der Waals surface area contributed by atoms with E-state index >= 15 is 0 Å². The van der Waals surface area contributed by atoms with E-state index in [2.05, 4.69) is 10.1 Å². The molecular weight excluding hydrogens is 321 g/mol. The molecule has 3 aromatic rings. The van der Waals surface area contributed by atoms with Gasteiger partial charge in [0.25, 0.3) is 5.91 Å². The largest absolute Gasteiger partial charge is 0.337 e. The first-order chi connectivity index (χ1) is 12.2. The van der Waals surface area contributed by atoms with Crippen LogP contribution in [0.2, 0.25) is 0 Å². The van der Waals surface area contributed by atoms with E-state index in [4.69, 9.17) is 4.52 Å². The highest BCUT2D eigenvalue weighted by atomic mass is 19.1. The number of hydrogen-bond donors (Lipinski definition) is 0. The van der Waals surface area contributed by atoms with Gasteiger partial charge in [-0.15, -0.1) is 0 Å². The molecule has 1 unspecified atom stereocenters. The minimum absolute atomic E-state index is 0.221. The summed E-state index contributed by atoms with van der Waals surface area (Å²) in [5, 5.41) is 4.03. The number of likely N-dealkylation sites (tertiary alicyclic amines) is 1. The van der Waals surface area contributed by atoms with E-state index in [-0.39, 0.29) is 11.9 Å². The SMILES string of the molecule is O=C(c1cccc(F)c1)N1CCCC1c1nc(-c2ccccc2)no1. The number of rotatable bonds is 3. The van der Waals surface area contributed by atoms with Crippen LogP contribution in [0.5, 0.6) is 0 Å². The maximum Gasteiger partial charge on any atom is 0.254 e. The summed E-state index contributed by atoms with van der Waals surface area (Å²) in [7, 11) is 0. The Labute approximate surface area is 144 Å².